The topological polar surface area (TPSA) is 68.1 Å². The smallest absolute Gasteiger partial charge is 0.177 e. The summed E-state index contributed by atoms with van der Waals surface area (Å²) >= 11 is 6.27. The molecule has 1 fully saturated rings. The Bertz CT molecular complexity index is 653. The van der Waals surface area contributed by atoms with Crippen LogP contribution >= 0.6 is 11.6 Å². The molecule has 1 atom stereocenters. The van der Waals surface area contributed by atoms with E-state index in [0.29, 0.717) is 11.0 Å². The van der Waals surface area contributed by atoms with Crippen molar-refractivity contribution in [3.05, 3.63) is 11.5 Å². The van der Waals surface area contributed by atoms with Gasteiger partial charge in [-0.25, -0.2) is 4.98 Å². The molecule has 8 heteroatoms. The van der Waals surface area contributed by atoms with E-state index in [4.69, 9.17) is 16.3 Å². The maximum Gasteiger partial charge on any atom is 0.177 e. The zero-order valence-corrected chi connectivity index (χ0v) is 14.4. The predicted molar refractivity (Wildman–Crippen MR) is 90.8 cm³/mol. The second kappa shape index (κ2) is 7.42. The van der Waals surface area contributed by atoms with E-state index < -0.39 is 0 Å². The molecule has 2 aromatic rings. The lowest BCUT2D eigenvalue weighted by atomic mass is 10.2. The second-order valence-electron chi connectivity index (χ2n) is 6.09. The van der Waals surface area contributed by atoms with E-state index in [9.17, 15) is 0 Å². The molecule has 3 rings (SSSR count). The van der Waals surface area contributed by atoms with Crippen molar-refractivity contribution in [2.24, 2.45) is 0 Å². The summed E-state index contributed by atoms with van der Waals surface area (Å²) in [5, 5.41) is 11.9. The Hall–Kier alpha value is -1.44. The minimum atomic E-state index is -0.0166. The summed E-state index contributed by atoms with van der Waals surface area (Å²) in [7, 11) is 4.12. The number of fused-ring (bicyclic) bond motifs is 1. The zero-order valence-electron chi connectivity index (χ0n) is 13.6. The average Bonchev–Trinajstić information content (AvgIpc) is 3.00. The van der Waals surface area contributed by atoms with Gasteiger partial charge >= 0.3 is 0 Å². The van der Waals surface area contributed by atoms with Gasteiger partial charge in [0.05, 0.1) is 6.33 Å². The van der Waals surface area contributed by atoms with Crippen LogP contribution in [0.2, 0.25) is 5.15 Å². The Balaban J connectivity index is 1.81. The number of nitrogens with one attached hydrogen (secondary N) is 1. The highest BCUT2D eigenvalue weighted by molar-refractivity contribution is 6.33. The van der Waals surface area contributed by atoms with E-state index >= 15 is 0 Å². The number of nitrogens with zero attached hydrogens (tertiary/aromatic N) is 5. The molecule has 0 aliphatic carbocycles. The van der Waals surface area contributed by atoms with Gasteiger partial charge in [0.15, 0.2) is 11.0 Å². The highest BCUT2D eigenvalue weighted by Gasteiger charge is 2.21. The Morgan fingerprint density at radius 3 is 3.00 bits per heavy atom. The molecule has 3 heterocycles. The molecule has 1 unspecified atom stereocenters. The normalized spacial score (nSPS) is 18.7. The largest absolute Gasteiger partial charge is 0.367 e. The first-order valence-electron chi connectivity index (χ1n) is 8.05. The third-order valence-electron chi connectivity index (χ3n) is 3.99. The number of rotatable bonds is 6. The van der Waals surface area contributed by atoms with Crippen molar-refractivity contribution in [2.45, 2.75) is 31.9 Å². The summed E-state index contributed by atoms with van der Waals surface area (Å²) in [5.74, 6) is 0.678. The van der Waals surface area contributed by atoms with Crippen molar-refractivity contribution in [3.8, 4) is 0 Å². The number of imidazole rings is 1. The Kier molecular flexibility index (Phi) is 5.30. The van der Waals surface area contributed by atoms with E-state index in [1.54, 1.807) is 6.33 Å². The Morgan fingerprint density at radius 1 is 1.39 bits per heavy atom. The Labute approximate surface area is 141 Å². The van der Waals surface area contributed by atoms with Gasteiger partial charge in [0.1, 0.15) is 17.3 Å². The third-order valence-corrected chi connectivity index (χ3v) is 4.25. The quantitative estimate of drug-likeness (QED) is 0.816. The van der Waals surface area contributed by atoms with Crippen molar-refractivity contribution >= 4 is 28.5 Å². The number of hydrogen-bond donors (Lipinski definition) is 1. The average molecular weight is 339 g/mol. The Morgan fingerprint density at radius 2 is 2.26 bits per heavy atom. The fourth-order valence-electron chi connectivity index (χ4n) is 2.81. The predicted octanol–water partition coefficient (Wildman–Crippen LogP) is 2.54. The van der Waals surface area contributed by atoms with Gasteiger partial charge in [-0.1, -0.05) is 11.6 Å². The van der Waals surface area contributed by atoms with Crippen molar-refractivity contribution in [2.75, 3.05) is 39.1 Å². The van der Waals surface area contributed by atoms with Gasteiger partial charge in [-0.05, 0) is 46.3 Å². The lowest BCUT2D eigenvalue weighted by molar-refractivity contribution is -0.0295. The minimum absolute atomic E-state index is 0.0166. The molecule has 7 nitrogen and oxygen atoms in total. The molecule has 126 valence electrons. The summed E-state index contributed by atoms with van der Waals surface area (Å²) in [4.78, 5) is 6.64. The lowest BCUT2D eigenvalue weighted by Gasteiger charge is -2.24. The number of hydrogen-bond acceptors (Lipinski definition) is 6. The molecule has 0 radical (unpaired) electrons. The molecule has 0 spiro atoms. The molecule has 1 aliphatic rings. The summed E-state index contributed by atoms with van der Waals surface area (Å²) in [6.07, 6.45) is 6.00. The van der Waals surface area contributed by atoms with E-state index in [1.165, 1.54) is 0 Å². The standard InChI is InChI=1S/C15H23ClN6O/c1-21(2)8-5-7-17-15-12-13(14(16)19-20-15)22(10-18-12)11-6-3-4-9-23-11/h10-11H,3-9H2,1-2H3,(H,17,20). The van der Waals surface area contributed by atoms with Crippen LogP contribution in [-0.4, -0.2) is 58.4 Å². The van der Waals surface area contributed by atoms with Crippen LogP contribution in [0.5, 0.6) is 0 Å². The van der Waals surface area contributed by atoms with Crippen LogP contribution in [0.15, 0.2) is 6.33 Å². The first kappa shape index (κ1) is 16.4. The number of ether oxygens (including phenoxy) is 1. The van der Waals surface area contributed by atoms with Gasteiger partial charge in [0.25, 0.3) is 0 Å². The minimum Gasteiger partial charge on any atom is -0.367 e. The maximum absolute atomic E-state index is 6.27. The van der Waals surface area contributed by atoms with Crippen LogP contribution in [0.4, 0.5) is 5.82 Å². The molecule has 23 heavy (non-hydrogen) atoms. The highest BCUT2D eigenvalue weighted by atomic mass is 35.5. The molecule has 1 aliphatic heterocycles. The molecular weight excluding hydrogens is 316 g/mol. The molecule has 0 saturated carbocycles. The van der Waals surface area contributed by atoms with Crippen LogP contribution in [0.1, 0.15) is 31.9 Å². The fraction of sp³-hybridized carbons (Fsp3) is 0.667. The van der Waals surface area contributed by atoms with Crippen LogP contribution in [0.3, 0.4) is 0 Å². The lowest BCUT2D eigenvalue weighted by Crippen LogP contribution is -2.18. The van der Waals surface area contributed by atoms with Crippen molar-refractivity contribution in [1.82, 2.24) is 24.6 Å². The highest BCUT2D eigenvalue weighted by Crippen LogP contribution is 2.31. The third kappa shape index (κ3) is 3.73. The van der Waals surface area contributed by atoms with Gasteiger partial charge in [-0.15, -0.1) is 10.2 Å². The molecule has 0 amide bonds. The van der Waals surface area contributed by atoms with Crippen LogP contribution < -0.4 is 5.32 Å². The monoisotopic (exact) mass is 338 g/mol. The van der Waals surface area contributed by atoms with Crippen LogP contribution in [0.25, 0.3) is 11.0 Å². The number of anilines is 1. The maximum atomic E-state index is 6.27. The summed E-state index contributed by atoms with van der Waals surface area (Å²) in [6.45, 7) is 2.61. The molecule has 2 aromatic heterocycles. The zero-order chi connectivity index (χ0) is 16.2. The first-order valence-corrected chi connectivity index (χ1v) is 8.43. The molecule has 1 saturated heterocycles. The van der Waals surface area contributed by atoms with Gasteiger partial charge in [0, 0.05) is 13.2 Å². The van der Waals surface area contributed by atoms with E-state index in [1.807, 2.05) is 4.57 Å². The van der Waals surface area contributed by atoms with Crippen LogP contribution in [0, 0.1) is 0 Å². The number of halogens is 1. The van der Waals surface area contributed by atoms with Gasteiger partial charge in [0.2, 0.25) is 0 Å². The van der Waals surface area contributed by atoms with Crippen LogP contribution in [-0.2, 0) is 4.74 Å². The second-order valence-corrected chi connectivity index (χ2v) is 6.45. The van der Waals surface area contributed by atoms with Crippen molar-refractivity contribution in [1.29, 1.82) is 0 Å². The van der Waals surface area contributed by atoms with Crippen molar-refractivity contribution < 1.29 is 4.74 Å². The van der Waals surface area contributed by atoms with E-state index in [-0.39, 0.29) is 6.23 Å². The molecule has 1 N–H and O–H groups in total. The van der Waals surface area contributed by atoms with E-state index in [0.717, 1.165) is 56.4 Å². The van der Waals surface area contributed by atoms with Gasteiger partial charge in [-0.3, -0.25) is 0 Å². The van der Waals surface area contributed by atoms with Gasteiger partial charge < -0.3 is 19.5 Å². The summed E-state index contributed by atoms with van der Waals surface area (Å²) in [5.41, 5.74) is 1.55. The summed E-state index contributed by atoms with van der Waals surface area (Å²) in [6, 6.07) is 0. The van der Waals surface area contributed by atoms with E-state index in [2.05, 4.69) is 39.5 Å². The first-order chi connectivity index (χ1) is 11.2. The molecule has 0 bridgehead atoms. The molecular formula is C15H23ClN6O. The number of aromatic nitrogens is 4. The molecule has 0 aromatic carbocycles. The fourth-order valence-corrected chi connectivity index (χ4v) is 3.03. The van der Waals surface area contributed by atoms with Gasteiger partial charge in [-0.2, -0.15) is 0 Å². The van der Waals surface area contributed by atoms with Crippen molar-refractivity contribution in [3.63, 3.8) is 0 Å². The SMILES string of the molecule is CN(C)CCCNc1nnc(Cl)c2c1ncn2C1CCCCO1. The summed E-state index contributed by atoms with van der Waals surface area (Å²) < 4.78 is 7.82.